The number of thioether (sulfide) groups is 1. The van der Waals surface area contributed by atoms with E-state index in [4.69, 9.17) is 0 Å². The molecule has 1 amide bonds. The quantitative estimate of drug-likeness (QED) is 0.776. The Bertz CT molecular complexity index is 939. The molecule has 1 aliphatic rings. The molecule has 1 aromatic carbocycles. The summed E-state index contributed by atoms with van der Waals surface area (Å²) >= 11 is 1.29. The van der Waals surface area contributed by atoms with Gasteiger partial charge >= 0.3 is 0 Å². The fourth-order valence-electron chi connectivity index (χ4n) is 3.11. The van der Waals surface area contributed by atoms with E-state index in [0.29, 0.717) is 11.6 Å². The van der Waals surface area contributed by atoms with E-state index >= 15 is 0 Å². The van der Waals surface area contributed by atoms with Crippen molar-refractivity contribution in [2.45, 2.75) is 37.9 Å². The first-order valence-corrected chi connectivity index (χ1v) is 11.1. The van der Waals surface area contributed by atoms with Crippen molar-refractivity contribution in [3.8, 4) is 5.69 Å². The Labute approximate surface area is 157 Å². The minimum absolute atomic E-state index is 0.00497. The molecule has 0 radical (unpaired) electrons. The number of nitrogens with zero attached hydrogens (tertiary/aromatic N) is 3. The lowest BCUT2D eigenvalue weighted by Crippen LogP contribution is -2.47. The molecule has 1 aromatic heterocycles. The van der Waals surface area contributed by atoms with Crippen molar-refractivity contribution in [1.82, 2.24) is 20.1 Å². The van der Waals surface area contributed by atoms with Gasteiger partial charge in [-0.05, 0) is 44.9 Å². The Hall–Kier alpha value is -1.87. The summed E-state index contributed by atoms with van der Waals surface area (Å²) in [6.45, 7) is 5.66. The van der Waals surface area contributed by atoms with Crippen LogP contribution in [0.15, 0.2) is 29.4 Å². The number of carbonyl (C=O) groups is 1. The highest BCUT2D eigenvalue weighted by Crippen LogP contribution is 2.25. The maximum Gasteiger partial charge on any atom is 0.230 e. The van der Waals surface area contributed by atoms with Crippen molar-refractivity contribution in [1.29, 1.82) is 0 Å². The van der Waals surface area contributed by atoms with Gasteiger partial charge in [0.2, 0.25) is 5.91 Å². The van der Waals surface area contributed by atoms with Crippen LogP contribution in [0.25, 0.3) is 5.69 Å². The third kappa shape index (κ3) is 4.27. The van der Waals surface area contributed by atoms with Crippen LogP contribution in [0, 0.1) is 13.8 Å². The molecule has 0 spiro atoms. The van der Waals surface area contributed by atoms with Gasteiger partial charge in [-0.2, -0.15) is 0 Å². The van der Waals surface area contributed by atoms with Crippen LogP contribution in [-0.2, 0) is 14.6 Å². The summed E-state index contributed by atoms with van der Waals surface area (Å²) in [6.07, 6.45) is 0.449. The van der Waals surface area contributed by atoms with Crippen LogP contribution in [-0.4, -0.2) is 51.9 Å². The van der Waals surface area contributed by atoms with Crippen LogP contribution in [0.3, 0.4) is 0 Å². The Morgan fingerprint density at radius 2 is 2.12 bits per heavy atom. The van der Waals surface area contributed by atoms with Crippen molar-refractivity contribution < 1.29 is 13.2 Å². The first-order valence-electron chi connectivity index (χ1n) is 8.31. The highest BCUT2D eigenvalue weighted by Gasteiger charge is 2.39. The molecule has 3 rings (SSSR count). The average Bonchev–Trinajstić information content (AvgIpc) is 3.04. The molecule has 0 aliphatic carbocycles. The van der Waals surface area contributed by atoms with Crippen LogP contribution in [0.1, 0.15) is 24.7 Å². The van der Waals surface area contributed by atoms with E-state index < -0.39 is 15.4 Å². The molecule has 2 heterocycles. The largest absolute Gasteiger partial charge is 0.349 e. The van der Waals surface area contributed by atoms with Gasteiger partial charge in [0.1, 0.15) is 5.82 Å². The highest BCUT2D eigenvalue weighted by atomic mass is 32.2. The molecule has 1 N–H and O–H groups in total. The van der Waals surface area contributed by atoms with Crippen LogP contribution in [0.4, 0.5) is 0 Å². The van der Waals surface area contributed by atoms with Gasteiger partial charge in [0, 0.05) is 5.69 Å². The molecule has 1 saturated heterocycles. The molecule has 9 heteroatoms. The summed E-state index contributed by atoms with van der Waals surface area (Å²) in [6, 6.07) is 7.98. The second-order valence-corrected chi connectivity index (χ2v) is 10.1. The zero-order valence-electron chi connectivity index (χ0n) is 15.0. The highest BCUT2D eigenvalue weighted by molar-refractivity contribution is 7.99. The molecular formula is C17H22N4O3S2. The van der Waals surface area contributed by atoms with Crippen LogP contribution >= 0.6 is 11.8 Å². The predicted octanol–water partition coefficient (Wildman–Crippen LogP) is 1.67. The van der Waals surface area contributed by atoms with Gasteiger partial charge in [-0.15, -0.1) is 10.2 Å². The van der Waals surface area contributed by atoms with Gasteiger partial charge in [-0.3, -0.25) is 9.36 Å². The smallest absolute Gasteiger partial charge is 0.230 e. The summed E-state index contributed by atoms with van der Waals surface area (Å²) in [5.41, 5.74) is 1.39. The molecule has 140 valence electrons. The van der Waals surface area contributed by atoms with Crippen molar-refractivity contribution in [3.05, 3.63) is 35.7 Å². The van der Waals surface area contributed by atoms with Gasteiger partial charge in [-0.1, -0.05) is 23.9 Å². The number of aryl methyl sites for hydroxylation is 2. The first-order chi connectivity index (χ1) is 12.2. The van der Waals surface area contributed by atoms with E-state index in [1.807, 2.05) is 42.7 Å². The van der Waals surface area contributed by atoms with E-state index in [9.17, 15) is 13.2 Å². The average molecular weight is 395 g/mol. The number of hydrogen-bond donors (Lipinski definition) is 1. The molecule has 1 fully saturated rings. The molecule has 1 aliphatic heterocycles. The fraction of sp³-hybridized carbons (Fsp3) is 0.471. The summed E-state index contributed by atoms with van der Waals surface area (Å²) in [7, 11) is -3.06. The summed E-state index contributed by atoms with van der Waals surface area (Å²) in [5.74, 6) is 0.810. The summed E-state index contributed by atoms with van der Waals surface area (Å²) in [5, 5.41) is 11.8. The van der Waals surface area contributed by atoms with Gasteiger partial charge in [-0.25, -0.2) is 8.42 Å². The number of nitrogens with one attached hydrogen (secondary N) is 1. The zero-order valence-corrected chi connectivity index (χ0v) is 16.7. The Balaban J connectivity index is 1.68. The lowest BCUT2D eigenvalue weighted by Gasteiger charge is -2.23. The molecule has 0 bridgehead atoms. The van der Waals surface area contributed by atoms with Crippen molar-refractivity contribution in [2.24, 2.45) is 0 Å². The number of benzene rings is 1. The lowest BCUT2D eigenvalue weighted by atomic mass is 10.0. The van der Waals surface area contributed by atoms with E-state index in [1.165, 1.54) is 11.8 Å². The van der Waals surface area contributed by atoms with Gasteiger partial charge in [0.25, 0.3) is 0 Å². The van der Waals surface area contributed by atoms with Gasteiger partial charge < -0.3 is 5.32 Å². The van der Waals surface area contributed by atoms with Gasteiger partial charge in [0.05, 0.1) is 22.8 Å². The number of hydrogen-bond acceptors (Lipinski definition) is 6. The van der Waals surface area contributed by atoms with Crippen molar-refractivity contribution in [2.75, 3.05) is 17.3 Å². The zero-order chi connectivity index (χ0) is 18.9. The van der Waals surface area contributed by atoms with E-state index in [0.717, 1.165) is 17.1 Å². The summed E-state index contributed by atoms with van der Waals surface area (Å²) < 4.78 is 25.2. The molecule has 0 unspecified atom stereocenters. The molecule has 1 atom stereocenters. The number of carbonyl (C=O) groups excluding carboxylic acids is 1. The van der Waals surface area contributed by atoms with Crippen LogP contribution in [0.2, 0.25) is 0 Å². The van der Waals surface area contributed by atoms with Gasteiger partial charge in [0.15, 0.2) is 15.0 Å². The SMILES string of the molecule is Cc1cccc(-n2c(C)nnc2SCC(=O)N[C@@]2(C)CCS(=O)(=O)C2)c1. The third-order valence-electron chi connectivity index (χ3n) is 4.33. The number of rotatable bonds is 5. The van der Waals surface area contributed by atoms with E-state index in [2.05, 4.69) is 15.5 Å². The Morgan fingerprint density at radius 3 is 2.77 bits per heavy atom. The summed E-state index contributed by atoms with van der Waals surface area (Å²) in [4.78, 5) is 12.3. The van der Waals surface area contributed by atoms with Crippen LogP contribution in [0.5, 0.6) is 0 Å². The maximum atomic E-state index is 12.3. The fourth-order valence-corrected chi connectivity index (χ4v) is 6.00. The molecular weight excluding hydrogens is 372 g/mol. The Kier molecular flexibility index (Phi) is 5.12. The number of sulfone groups is 1. The number of aromatic nitrogens is 3. The van der Waals surface area contributed by atoms with Crippen molar-refractivity contribution >= 4 is 27.5 Å². The first kappa shape index (κ1) is 18.9. The number of amides is 1. The maximum absolute atomic E-state index is 12.3. The minimum Gasteiger partial charge on any atom is -0.349 e. The minimum atomic E-state index is -3.06. The third-order valence-corrected chi connectivity index (χ3v) is 7.16. The standard InChI is InChI=1S/C17H22N4O3S2/c1-12-5-4-6-14(9-12)21-13(2)19-20-16(21)25-10-15(22)18-17(3)7-8-26(23,24)11-17/h4-6,9H,7-8,10-11H2,1-3H3,(H,18,22)/t17-/m0/s1. The second kappa shape index (κ2) is 7.03. The molecule has 26 heavy (non-hydrogen) atoms. The van der Waals surface area contributed by atoms with E-state index in [-0.39, 0.29) is 23.2 Å². The van der Waals surface area contributed by atoms with Crippen LogP contribution < -0.4 is 5.32 Å². The Morgan fingerprint density at radius 1 is 1.35 bits per heavy atom. The normalized spacial score (nSPS) is 21.7. The van der Waals surface area contributed by atoms with Crippen molar-refractivity contribution in [3.63, 3.8) is 0 Å². The molecule has 0 saturated carbocycles. The second-order valence-electron chi connectivity index (χ2n) is 6.94. The topological polar surface area (TPSA) is 93.9 Å². The molecule has 7 nitrogen and oxygen atoms in total. The van der Waals surface area contributed by atoms with E-state index in [1.54, 1.807) is 6.92 Å². The molecule has 2 aromatic rings. The lowest BCUT2D eigenvalue weighted by molar-refractivity contribution is -0.120. The predicted molar refractivity (Wildman–Crippen MR) is 101 cm³/mol. The monoisotopic (exact) mass is 394 g/mol.